The van der Waals surface area contributed by atoms with Crippen LogP contribution in [0.25, 0.3) is 0 Å². The molecule has 9 nitrogen and oxygen atoms in total. The molecular weight excluding hydrogens is 384 g/mol. The molecule has 0 atom stereocenters. The lowest BCUT2D eigenvalue weighted by Crippen LogP contribution is -2.32. The van der Waals surface area contributed by atoms with Gasteiger partial charge in [-0.3, -0.25) is 24.0 Å². The third-order valence-corrected chi connectivity index (χ3v) is 5.20. The average molecular weight is 404 g/mol. The molecular formula is C21H20N6O3. The normalized spacial score (nSPS) is 15.8. The van der Waals surface area contributed by atoms with Crippen LogP contribution in [0.3, 0.4) is 0 Å². The minimum atomic E-state index is -0.475. The largest absolute Gasteiger partial charge is 0.352 e. The van der Waals surface area contributed by atoms with Crippen molar-refractivity contribution in [1.29, 1.82) is 0 Å². The molecule has 2 aliphatic heterocycles. The lowest BCUT2D eigenvalue weighted by atomic mass is 10.0. The highest BCUT2D eigenvalue weighted by Crippen LogP contribution is 2.36. The summed E-state index contributed by atoms with van der Waals surface area (Å²) < 4.78 is 1.49. The van der Waals surface area contributed by atoms with Gasteiger partial charge in [0.15, 0.2) is 5.66 Å². The summed E-state index contributed by atoms with van der Waals surface area (Å²) in [5.41, 5.74) is 0.915. The molecule has 152 valence electrons. The van der Waals surface area contributed by atoms with Crippen LogP contribution in [-0.4, -0.2) is 44.6 Å². The van der Waals surface area contributed by atoms with Gasteiger partial charge in [-0.1, -0.05) is 12.1 Å². The summed E-state index contributed by atoms with van der Waals surface area (Å²) in [6.07, 6.45) is 8.66. The second-order valence-corrected chi connectivity index (χ2v) is 7.30. The van der Waals surface area contributed by atoms with Crippen LogP contribution in [-0.2, 0) is 13.6 Å². The summed E-state index contributed by atoms with van der Waals surface area (Å²) in [7, 11) is 1.68. The van der Waals surface area contributed by atoms with Gasteiger partial charge in [-0.15, -0.1) is 12.3 Å². The summed E-state index contributed by atoms with van der Waals surface area (Å²) >= 11 is 0. The standard InChI is InChI=1S/C21H20N6O3/c1-3-4-9-21(24-25-21)10-11-22-18(28)16-12-26(2)23-17(16)13-27-19(29)14-7-5-6-8-15(14)20(27)30/h1,5-8,12H,4,9-11,13H2,2H3,(H,22,28). The second kappa shape index (κ2) is 7.55. The first-order valence-corrected chi connectivity index (χ1v) is 9.57. The lowest BCUT2D eigenvalue weighted by Gasteiger charge is -2.13. The molecule has 30 heavy (non-hydrogen) atoms. The minimum absolute atomic E-state index is 0.0767. The van der Waals surface area contributed by atoms with Gasteiger partial charge in [0.1, 0.15) is 0 Å². The Balaban J connectivity index is 1.42. The molecule has 2 aliphatic rings. The molecule has 9 heteroatoms. The van der Waals surface area contributed by atoms with Gasteiger partial charge in [0.25, 0.3) is 17.7 Å². The fourth-order valence-electron chi connectivity index (χ4n) is 3.51. The predicted molar refractivity (Wildman–Crippen MR) is 106 cm³/mol. The number of aromatic nitrogens is 2. The molecule has 0 radical (unpaired) electrons. The van der Waals surface area contributed by atoms with Crippen molar-refractivity contribution in [2.75, 3.05) is 6.54 Å². The minimum Gasteiger partial charge on any atom is -0.352 e. The first kappa shape index (κ1) is 19.5. The molecule has 2 aromatic rings. The van der Waals surface area contributed by atoms with E-state index in [0.29, 0.717) is 48.2 Å². The fourth-order valence-corrected chi connectivity index (χ4v) is 3.51. The van der Waals surface area contributed by atoms with Crippen LogP contribution in [0.2, 0.25) is 0 Å². The highest BCUT2D eigenvalue weighted by Gasteiger charge is 2.39. The van der Waals surface area contributed by atoms with E-state index < -0.39 is 5.66 Å². The van der Waals surface area contributed by atoms with E-state index in [-0.39, 0.29) is 24.3 Å². The van der Waals surface area contributed by atoms with Crippen molar-refractivity contribution in [3.63, 3.8) is 0 Å². The molecule has 3 heterocycles. The SMILES string of the molecule is C#CCCC1(CCNC(=O)c2cn(C)nc2CN2C(=O)c3ccccc3C2=O)N=N1. The Morgan fingerprint density at radius 2 is 1.83 bits per heavy atom. The van der Waals surface area contributed by atoms with Crippen molar-refractivity contribution in [2.24, 2.45) is 17.3 Å². The Labute approximate surface area is 173 Å². The monoisotopic (exact) mass is 404 g/mol. The molecule has 0 fully saturated rings. The Hall–Kier alpha value is -3.80. The smallest absolute Gasteiger partial charge is 0.261 e. The number of amides is 3. The first-order chi connectivity index (χ1) is 14.4. The number of fused-ring (bicyclic) bond motifs is 1. The molecule has 1 aromatic carbocycles. The molecule has 1 aromatic heterocycles. The van der Waals surface area contributed by atoms with E-state index in [4.69, 9.17) is 6.42 Å². The highest BCUT2D eigenvalue weighted by molar-refractivity contribution is 6.21. The van der Waals surface area contributed by atoms with Gasteiger partial charge in [-0.05, 0) is 12.1 Å². The number of hydrogen-bond acceptors (Lipinski definition) is 6. The highest BCUT2D eigenvalue weighted by atomic mass is 16.2. The number of terminal acetylenes is 1. The van der Waals surface area contributed by atoms with Crippen molar-refractivity contribution in [1.82, 2.24) is 20.0 Å². The second-order valence-electron chi connectivity index (χ2n) is 7.30. The number of benzene rings is 1. The molecule has 0 aliphatic carbocycles. The number of carbonyl (C=O) groups is 3. The Bertz CT molecular complexity index is 1070. The van der Waals surface area contributed by atoms with Crippen LogP contribution in [0.15, 0.2) is 40.7 Å². The van der Waals surface area contributed by atoms with Crippen molar-refractivity contribution in [3.8, 4) is 12.3 Å². The predicted octanol–water partition coefficient (Wildman–Crippen LogP) is 1.91. The van der Waals surface area contributed by atoms with E-state index >= 15 is 0 Å². The maximum absolute atomic E-state index is 12.7. The van der Waals surface area contributed by atoms with Crippen LogP contribution in [0, 0.1) is 12.3 Å². The number of imide groups is 1. The number of carbonyl (C=O) groups excluding carboxylic acids is 3. The van der Waals surface area contributed by atoms with E-state index in [9.17, 15) is 14.4 Å². The maximum Gasteiger partial charge on any atom is 0.261 e. The van der Waals surface area contributed by atoms with Gasteiger partial charge < -0.3 is 5.32 Å². The molecule has 4 rings (SSSR count). The number of nitrogens with one attached hydrogen (secondary N) is 1. The number of hydrogen-bond donors (Lipinski definition) is 1. The molecule has 0 saturated carbocycles. The summed E-state index contributed by atoms with van der Waals surface area (Å²) in [6, 6.07) is 6.65. The zero-order valence-corrected chi connectivity index (χ0v) is 16.5. The Morgan fingerprint density at radius 3 is 2.43 bits per heavy atom. The van der Waals surface area contributed by atoms with Crippen LogP contribution >= 0.6 is 0 Å². The molecule has 0 saturated heterocycles. The van der Waals surface area contributed by atoms with E-state index in [1.165, 1.54) is 4.68 Å². The zero-order valence-electron chi connectivity index (χ0n) is 16.5. The molecule has 0 spiro atoms. The van der Waals surface area contributed by atoms with Crippen LogP contribution in [0.5, 0.6) is 0 Å². The van der Waals surface area contributed by atoms with E-state index in [1.54, 1.807) is 37.5 Å². The van der Waals surface area contributed by atoms with Crippen molar-refractivity contribution in [2.45, 2.75) is 31.5 Å². The Morgan fingerprint density at radius 1 is 1.17 bits per heavy atom. The third-order valence-electron chi connectivity index (χ3n) is 5.20. The summed E-state index contributed by atoms with van der Waals surface area (Å²) in [5.74, 6) is 1.46. The van der Waals surface area contributed by atoms with E-state index in [1.807, 2.05) is 0 Å². The van der Waals surface area contributed by atoms with Gasteiger partial charge in [0.05, 0.1) is 28.9 Å². The maximum atomic E-state index is 12.7. The van der Waals surface area contributed by atoms with Gasteiger partial charge >= 0.3 is 0 Å². The van der Waals surface area contributed by atoms with Gasteiger partial charge in [0, 0.05) is 39.1 Å². The van der Waals surface area contributed by atoms with Crippen molar-refractivity contribution >= 4 is 17.7 Å². The molecule has 0 unspecified atom stereocenters. The molecule has 0 bridgehead atoms. The number of rotatable bonds is 8. The first-order valence-electron chi connectivity index (χ1n) is 9.57. The van der Waals surface area contributed by atoms with Crippen molar-refractivity contribution in [3.05, 3.63) is 52.8 Å². The van der Waals surface area contributed by atoms with Crippen LogP contribution in [0.1, 0.15) is 56.0 Å². The molecule has 3 amide bonds. The van der Waals surface area contributed by atoms with Gasteiger partial charge in [-0.2, -0.15) is 15.3 Å². The van der Waals surface area contributed by atoms with E-state index in [0.717, 1.165) is 4.90 Å². The zero-order chi connectivity index (χ0) is 21.3. The Kier molecular flexibility index (Phi) is 4.91. The van der Waals surface area contributed by atoms with Crippen molar-refractivity contribution < 1.29 is 14.4 Å². The topological polar surface area (TPSA) is 109 Å². The summed E-state index contributed by atoms with van der Waals surface area (Å²) in [6.45, 7) is 0.296. The molecule has 1 N–H and O–H groups in total. The van der Waals surface area contributed by atoms with Gasteiger partial charge in [0.2, 0.25) is 0 Å². The summed E-state index contributed by atoms with van der Waals surface area (Å²) in [5, 5.41) is 15.2. The number of aryl methyl sites for hydroxylation is 1. The number of nitrogens with zero attached hydrogens (tertiary/aromatic N) is 5. The van der Waals surface area contributed by atoms with E-state index in [2.05, 4.69) is 26.6 Å². The third kappa shape index (κ3) is 3.59. The van der Waals surface area contributed by atoms with Gasteiger partial charge in [-0.25, -0.2) is 0 Å². The summed E-state index contributed by atoms with van der Waals surface area (Å²) in [4.78, 5) is 39.0. The van der Waals surface area contributed by atoms with Crippen LogP contribution < -0.4 is 5.32 Å². The quantitative estimate of drug-likeness (QED) is 0.535. The fraction of sp³-hybridized carbons (Fsp3) is 0.333. The average Bonchev–Trinajstić information content (AvgIpc) is 3.35. The van der Waals surface area contributed by atoms with Crippen LogP contribution in [0.4, 0.5) is 0 Å². The lowest BCUT2D eigenvalue weighted by molar-refractivity contribution is 0.0637.